The molecule has 0 atom stereocenters. The van der Waals surface area contributed by atoms with Crippen LogP contribution in [0.1, 0.15) is 6.92 Å². The number of benzene rings is 1. The molecular weight excluding hydrogens is 215 g/mol. The highest BCUT2D eigenvalue weighted by Crippen LogP contribution is 2.26. The number of carbonyl (C=O) groups excluding carboxylic acids is 1. The van der Waals surface area contributed by atoms with Gasteiger partial charge in [-0.05, 0) is 25.1 Å². The van der Waals surface area contributed by atoms with E-state index in [2.05, 4.69) is 6.58 Å². The molecule has 0 saturated carbocycles. The van der Waals surface area contributed by atoms with Gasteiger partial charge in [0.05, 0.1) is 11.5 Å². The molecule has 0 bridgehead atoms. The zero-order chi connectivity index (χ0) is 11.3. The van der Waals surface area contributed by atoms with Gasteiger partial charge in [-0.15, -0.1) is 0 Å². The second-order valence-corrected chi connectivity index (χ2v) is 3.87. The lowest BCUT2D eigenvalue weighted by Gasteiger charge is -2.04. The van der Waals surface area contributed by atoms with Crippen molar-refractivity contribution >= 4 is 17.7 Å². The number of thioether (sulfide) groups is 1. The van der Waals surface area contributed by atoms with Gasteiger partial charge in [0, 0.05) is 4.90 Å². The molecule has 0 N–H and O–H groups in total. The average Bonchev–Trinajstić information content (AvgIpc) is 2.18. The van der Waals surface area contributed by atoms with Gasteiger partial charge in [0.2, 0.25) is 0 Å². The monoisotopic (exact) mass is 226 g/mol. The molecule has 4 heteroatoms. The van der Waals surface area contributed by atoms with Crippen LogP contribution in [-0.4, -0.2) is 12.6 Å². The maximum absolute atomic E-state index is 12.8. The van der Waals surface area contributed by atoms with E-state index in [1.165, 1.54) is 12.1 Å². The average molecular weight is 226 g/mol. The van der Waals surface area contributed by atoms with Crippen molar-refractivity contribution in [1.29, 1.82) is 0 Å². The van der Waals surface area contributed by atoms with E-state index in [9.17, 15) is 9.18 Å². The molecule has 0 aliphatic carbocycles. The molecule has 0 radical (unpaired) electrons. The summed E-state index contributed by atoms with van der Waals surface area (Å²) in [5.74, 6) is -0.802. The molecule has 1 aromatic rings. The minimum Gasteiger partial charge on any atom is -0.462 e. The summed E-state index contributed by atoms with van der Waals surface area (Å²) in [6.45, 7) is 5.59. The van der Waals surface area contributed by atoms with Crippen molar-refractivity contribution in [2.75, 3.05) is 6.61 Å². The zero-order valence-corrected chi connectivity index (χ0v) is 9.14. The smallest absolute Gasteiger partial charge is 0.344 e. The molecule has 15 heavy (non-hydrogen) atoms. The van der Waals surface area contributed by atoms with Gasteiger partial charge in [-0.25, -0.2) is 9.18 Å². The molecule has 0 amide bonds. The molecule has 0 unspecified atom stereocenters. The van der Waals surface area contributed by atoms with Crippen LogP contribution in [0.3, 0.4) is 0 Å². The fraction of sp³-hybridized carbons (Fsp3) is 0.182. The summed E-state index contributed by atoms with van der Waals surface area (Å²) in [5.41, 5.74) is 0. The van der Waals surface area contributed by atoms with Gasteiger partial charge in [0.15, 0.2) is 0 Å². The van der Waals surface area contributed by atoms with E-state index in [4.69, 9.17) is 4.74 Å². The lowest BCUT2D eigenvalue weighted by Crippen LogP contribution is -2.03. The number of carbonyl (C=O) groups is 1. The summed E-state index contributed by atoms with van der Waals surface area (Å²) in [5, 5.41) is 0. The van der Waals surface area contributed by atoms with Gasteiger partial charge < -0.3 is 4.74 Å². The van der Waals surface area contributed by atoms with E-state index < -0.39 is 5.97 Å². The van der Waals surface area contributed by atoms with Gasteiger partial charge in [-0.1, -0.05) is 24.4 Å². The summed E-state index contributed by atoms with van der Waals surface area (Å²) in [6.07, 6.45) is 0. The summed E-state index contributed by atoms with van der Waals surface area (Å²) in [6, 6.07) is 5.97. The van der Waals surface area contributed by atoms with Crippen molar-refractivity contribution in [3.8, 4) is 0 Å². The molecule has 0 aromatic heterocycles. The predicted octanol–water partition coefficient (Wildman–Crippen LogP) is 2.99. The Bertz CT molecular complexity index is 377. The molecule has 2 nitrogen and oxygen atoms in total. The fourth-order valence-corrected chi connectivity index (χ4v) is 1.67. The van der Waals surface area contributed by atoms with Crippen molar-refractivity contribution in [1.82, 2.24) is 0 Å². The second kappa shape index (κ2) is 5.56. The van der Waals surface area contributed by atoms with Crippen molar-refractivity contribution in [2.45, 2.75) is 11.8 Å². The lowest BCUT2D eigenvalue weighted by atomic mass is 10.4. The summed E-state index contributed by atoms with van der Waals surface area (Å²) < 4.78 is 17.6. The third-order valence-electron chi connectivity index (χ3n) is 1.54. The molecule has 0 aliphatic rings. The molecular formula is C11H11FO2S. The van der Waals surface area contributed by atoms with E-state index in [1.54, 1.807) is 19.1 Å². The van der Waals surface area contributed by atoms with Crippen LogP contribution in [-0.2, 0) is 9.53 Å². The van der Waals surface area contributed by atoms with Crippen LogP contribution in [0.5, 0.6) is 0 Å². The van der Waals surface area contributed by atoms with Crippen LogP contribution in [0.15, 0.2) is 40.6 Å². The third-order valence-corrected chi connectivity index (χ3v) is 2.44. The number of hydrogen-bond acceptors (Lipinski definition) is 3. The first-order chi connectivity index (χ1) is 7.13. The number of esters is 1. The molecule has 0 saturated heterocycles. The van der Waals surface area contributed by atoms with E-state index in [-0.39, 0.29) is 10.7 Å². The van der Waals surface area contributed by atoms with Crippen LogP contribution in [0.4, 0.5) is 4.39 Å². The van der Waals surface area contributed by atoms with E-state index in [0.717, 1.165) is 11.8 Å². The molecule has 1 rings (SSSR count). The Morgan fingerprint density at radius 1 is 1.60 bits per heavy atom. The first-order valence-electron chi connectivity index (χ1n) is 4.43. The molecule has 1 aromatic carbocycles. The predicted molar refractivity (Wildman–Crippen MR) is 58.0 cm³/mol. The SMILES string of the molecule is C=C(Sc1cccc(F)c1)C(=O)OCC. The number of halogens is 1. The Hall–Kier alpha value is -1.29. The van der Waals surface area contributed by atoms with Crippen LogP contribution < -0.4 is 0 Å². The topological polar surface area (TPSA) is 26.3 Å². The highest BCUT2D eigenvalue weighted by atomic mass is 32.2. The summed E-state index contributed by atoms with van der Waals surface area (Å²) >= 11 is 1.10. The van der Waals surface area contributed by atoms with Gasteiger partial charge in [-0.3, -0.25) is 0 Å². The molecule has 0 fully saturated rings. The lowest BCUT2D eigenvalue weighted by molar-refractivity contribution is -0.137. The largest absolute Gasteiger partial charge is 0.462 e. The molecule has 80 valence electrons. The number of rotatable bonds is 4. The number of ether oxygens (including phenoxy) is 1. The Morgan fingerprint density at radius 3 is 2.93 bits per heavy atom. The first kappa shape index (κ1) is 11.8. The van der Waals surface area contributed by atoms with Crippen LogP contribution in [0.2, 0.25) is 0 Å². The van der Waals surface area contributed by atoms with Crippen molar-refractivity contribution in [3.05, 3.63) is 41.6 Å². The van der Waals surface area contributed by atoms with Gasteiger partial charge in [0.25, 0.3) is 0 Å². The van der Waals surface area contributed by atoms with Crippen LogP contribution >= 0.6 is 11.8 Å². The Kier molecular flexibility index (Phi) is 4.37. The Labute approximate surface area is 92.1 Å². The Morgan fingerprint density at radius 2 is 2.33 bits per heavy atom. The van der Waals surface area contributed by atoms with E-state index in [1.807, 2.05) is 0 Å². The van der Waals surface area contributed by atoms with Gasteiger partial charge in [-0.2, -0.15) is 0 Å². The second-order valence-electron chi connectivity index (χ2n) is 2.70. The van der Waals surface area contributed by atoms with E-state index in [0.29, 0.717) is 11.5 Å². The van der Waals surface area contributed by atoms with Crippen LogP contribution in [0.25, 0.3) is 0 Å². The standard InChI is InChI=1S/C11H11FO2S/c1-3-14-11(13)8(2)15-10-6-4-5-9(12)7-10/h4-7H,2-3H2,1H3. The highest BCUT2D eigenvalue weighted by Gasteiger charge is 2.09. The molecule has 0 aliphatic heterocycles. The quantitative estimate of drug-likeness (QED) is 0.448. The minimum absolute atomic E-state index is 0.252. The highest BCUT2D eigenvalue weighted by molar-refractivity contribution is 8.04. The maximum Gasteiger partial charge on any atom is 0.344 e. The summed E-state index contributed by atoms with van der Waals surface area (Å²) in [7, 11) is 0. The van der Waals surface area contributed by atoms with Gasteiger partial charge >= 0.3 is 5.97 Å². The Balaban J connectivity index is 2.62. The first-order valence-corrected chi connectivity index (χ1v) is 5.24. The van der Waals surface area contributed by atoms with Gasteiger partial charge in [0.1, 0.15) is 5.82 Å². The molecule has 0 spiro atoms. The summed E-state index contributed by atoms with van der Waals surface area (Å²) in [4.78, 5) is 12.1. The number of hydrogen-bond donors (Lipinski definition) is 0. The molecule has 0 heterocycles. The zero-order valence-electron chi connectivity index (χ0n) is 8.33. The van der Waals surface area contributed by atoms with E-state index >= 15 is 0 Å². The maximum atomic E-state index is 12.8. The minimum atomic E-state index is -0.466. The third kappa shape index (κ3) is 3.75. The van der Waals surface area contributed by atoms with Crippen molar-refractivity contribution in [2.24, 2.45) is 0 Å². The van der Waals surface area contributed by atoms with Crippen LogP contribution in [0, 0.1) is 5.82 Å². The van der Waals surface area contributed by atoms with Crippen molar-refractivity contribution < 1.29 is 13.9 Å². The normalized spacial score (nSPS) is 9.73. The fourth-order valence-electron chi connectivity index (χ4n) is 0.926. The van der Waals surface area contributed by atoms with Crippen molar-refractivity contribution in [3.63, 3.8) is 0 Å².